The van der Waals surface area contributed by atoms with E-state index in [0.29, 0.717) is 17.6 Å². The molecule has 0 unspecified atom stereocenters. The molecule has 0 spiro atoms. The summed E-state index contributed by atoms with van der Waals surface area (Å²) in [6.07, 6.45) is 5.05. The molecule has 0 radical (unpaired) electrons. The van der Waals surface area contributed by atoms with Gasteiger partial charge in [-0.25, -0.2) is 4.79 Å². The minimum Gasteiger partial charge on any atom is -0.465 e. The van der Waals surface area contributed by atoms with Crippen LogP contribution in [-0.2, 0) is 10.5 Å². The van der Waals surface area contributed by atoms with Crippen molar-refractivity contribution in [2.24, 2.45) is 4.99 Å². The van der Waals surface area contributed by atoms with Gasteiger partial charge >= 0.3 is 5.97 Å². The minimum absolute atomic E-state index is 0.288. The van der Waals surface area contributed by atoms with Gasteiger partial charge in [-0.05, 0) is 30.5 Å². The van der Waals surface area contributed by atoms with Crippen LogP contribution in [0.25, 0.3) is 0 Å². The van der Waals surface area contributed by atoms with Crippen molar-refractivity contribution < 1.29 is 9.53 Å². The number of hydrogen-bond donors (Lipinski definition) is 1. The van der Waals surface area contributed by atoms with E-state index in [4.69, 9.17) is 9.73 Å². The van der Waals surface area contributed by atoms with Gasteiger partial charge in [0, 0.05) is 5.75 Å². The lowest BCUT2D eigenvalue weighted by Gasteiger charge is -2.23. The first kappa shape index (κ1) is 14.4. The third-order valence-electron chi connectivity index (χ3n) is 4.05. The maximum absolute atomic E-state index is 11.5. The normalized spacial score (nSPS) is 24.0. The monoisotopic (exact) mass is 304 g/mol. The van der Waals surface area contributed by atoms with E-state index in [1.807, 2.05) is 18.2 Å². The number of ether oxygens (including phenoxy) is 1. The van der Waals surface area contributed by atoms with E-state index < -0.39 is 0 Å². The maximum atomic E-state index is 11.5. The van der Waals surface area contributed by atoms with Gasteiger partial charge < -0.3 is 10.1 Å². The van der Waals surface area contributed by atoms with Crippen molar-refractivity contribution in [3.05, 3.63) is 35.4 Å². The summed E-state index contributed by atoms with van der Waals surface area (Å²) in [7, 11) is 1.41. The van der Waals surface area contributed by atoms with E-state index in [-0.39, 0.29) is 5.97 Å². The predicted octanol–water partition coefficient (Wildman–Crippen LogP) is 2.98. The van der Waals surface area contributed by atoms with Gasteiger partial charge in [0.25, 0.3) is 0 Å². The third-order valence-corrected chi connectivity index (χ3v) is 5.02. The van der Waals surface area contributed by atoms with E-state index in [0.717, 1.165) is 16.5 Å². The average molecular weight is 304 g/mol. The second-order valence-corrected chi connectivity index (χ2v) is 6.48. The number of amidine groups is 1. The number of benzene rings is 1. The number of fused-ring (bicyclic) bond motifs is 1. The molecule has 1 heterocycles. The summed E-state index contributed by atoms with van der Waals surface area (Å²) in [5.74, 6) is 0.528. The quantitative estimate of drug-likeness (QED) is 0.872. The highest BCUT2D eigenvalue weighted by Gasteiger charge is 2.30. The molecule has 1 fully saturated rings. The topological polar surface area (TPSA) is 50.7 Å². The number of aliphatic imine (C=N–C) groups is 1. The Morgan fingerprint density at radius 3 is 3.10 bits per heavy atom. The highest BCUT2D eigenvalue weighted by atomic mass is 32.2. The zero-order valence-corrected chi connectivity index (χ0v) is 13.0. The van der Waals surface area contributed by atoms with E-state index >= 15 is 0 Å². The number of thioether (sulfide) groups is 1. The molecule has 21 heavy (non-hydrogen) atoms. The molecule has 0 bridgehead atoms. The molecular weight excluding hydrogens is 284 g/mol. The van der Waals surface area contributed by atoms with Crippen LogP contribution in [0, 0.1) is 0 Å². The van der Waals surface area contributed by atoms with Gasteiger partial charge in [0.05, 0.1) is 24.8 Å². The highest BCUT2D eigenvalue weighted by Crippen LogP contribution is 2.28. The van der Waals surface area contributed by atoms with Crippen LogP contribution in [0.5, 0.6) is 0 Å². The molecule has 112 valence electrons. The molecule has 1 N–H and O–H groups in total. The smallest absolute Gasteiger partial charge is 0.337 e. The summed E-state index contributed by atoms with van der Waals surface area (Å²) in [5, 5.41) is 4.58. The zero-order chi connectivity index (χ0) is 14.7. The molecule has 4 nitrogen and oxygen atoms in total. The van der Waals surface area contributed by atoms with Crippen LogP contribution in [0.2, 0.25) is 0 Å². The van der Waals surface area contributed by atoms with Gasteiger partial charge in [-0.3, -0.25) is 4.99 Å². The lowest BCUT2D eigenvalue weighted by atomic mass is 9.92. The summed E-state index contributed by atoms with van der Waals surface area (Å²) < 4.78 is 4.75. The Bertz CT molecular complexity index is 559. The third kappa shape index (κ3) is 3.40. The van der Waals surface area contributed by atoms with Crippen LogP contribution in [0.4, 0.5) is 0 Å². The highest BCUT2D eigenvalue weighted by molar-refractivity contribution is 8.13. The molecule has 1 saturated carbocycles. The van der Waals surface area contributed by atoms with Crippen LogP contribution >= 0.6 is 11.8 Å². The summed E-state index contributed by atoms with van der Waals surface area (Å²) in [6, 6.07) is 8.61. The van der Waals surface area contributed by atoms with Crippen molar-refractivity contribution in [1.82, 2.24) is 5.32 Å². The number of carbonyl (C=O) groups is 1. The molecule has 1 aliphatic heterocycles. The van der Waals surface area contributed by atoms with Gasteiger partial charge in [-0.15, -0.1) is 0 Å². The van der Waals surface area contributed by atoms with Crippen molar-refractivity contribution in [3.63, 3.8) is 0 Å². The van der Waals surface area contributed by atoms with Crippen molar-refractivity contribution in [3.8, 4) is 0 Å². The van der Waals surface area contributed by atoms with E-state index in [1.54, 1.807) is 17.8 Å². The van der Waals surface area contributed by atoms with Crippen molar-refractivity contribution >= 4 is 22.9 Å². The Labute approximate surface area is 129 Å². The first-order valence-corrected chi connectivity index (χ1v) is 8.39. The number of nitrogens with one attached hydrogen (secondary N) is 1. The van der Waals surface area contributed by atoms with Crippen LogP contribution in [0.1, 0.15) is 41.6 Å². The molecule has 1 aliphatic carbocycles. The number of hydrogen-bond acceptors (Lipinski definition) is 5. The Balaban J connectivity index is 1.59. The van der Waals surface area contributed by atoms with Gasteiger partial charge in [0.1, 0.15) is 0 Å². The molecule has 2 atom stereocenters. The van der Waals surface area contributed by atoms with E-state index in [1.165, 1.54) is 32.8 Å². The molecule has 0 aromatic heterocycles. The summed E-state index contributed by atoms with van der Waals surface area (Å²) >= 11 is 1.72. The van der Waals surface area contributed by atoms with Crippen LogP contribution < -0.4 is 5.32 Å². The minimum atomic E-state index is -0.288. The van der Waals surface area contributed by atoms with E-state index in [2.05, 4.69) is 5.32 Å². The first-order valence-electron chi connectivity index (χ1n) is 7.40. The molecule has 3 rings (SSSR count). The lowest BCUT2D eigenvalue weighted by Crippen LogP contribution is -2.36. The number of nitrogens with zero attached hydrogens (tertiary/aromatic N) is 1. The fraction of sp³-hybridized carbons (Fsp3) is 0.500. The van der Waals surface area contributed by atoms with E-state index in [9.17, 15) is 4.79 Å². The number of rotatable bonds is 3. The molecule has 0 amide bonds. The van der Waals surface area contributed by atoms with Crippen LogP contribution in [0.3, 0.4) is 0 Å². The zero-order valence-electron chi connectivity index (χ0n) is 12.2. The largest absolute Gasteiger partial charge is 0.465 e. The van der Waals surface area contributed by atoms with Crippen LogP contribution in [-0.4, -0.2) is 30.3 Å². The van der Waals surface area contributed by atoms with Crippen molar-refractivity contribution in [2.45, 2.75) is 43.5 Å². The van der Waals surface area contributed by atoms with Gasteiger partial charge in [0.15, 0.2) is 5.17 Å². The molecule has 2 aliphatic rings. The number of methoxy groups -OCH3 is 1. The number of esters is 1. The maximum Gasteiger partial charge on any atom is 0.337 e. The SMILES string of the molecule is COC(=O)c1cccc(CSC2=N[C@@H]3CCCC[C@H]3N2)c1. The molecule has 1 aromatic carbocycles. The average Bonchev–Trinajstić information content (AvgIpc) is 2.95. The Hall–Kier alpha value is -1.49. The Morgan fingerprint density at radius 2 is 2.29 bits per heavy atom. The standard InChI is InChI=1S/C16H20N2O2S/c1-20-15(19)12-6-4-5-11(9-12)10-21-16-17-13-7-2-3-8-14(13)18-16/h4-6,9,13-14H,2-3,7-8,10H2,1H3,(H,17,18)/t13-,14-/m1/s1. The van der Waals surface area contributed by atoms with Gasteiger partial charge in [-0.2, -0.15) is 0 Å². The van der Waals surface area contributed by atoms with Gasteiger partial charge in [-0.1, -0.05) is 36.7 Å². The lowest BCUT2D eigenvalue weighted by molar-refractivity contribution is 0.0600. The summed E-state index contributed by atoms with van der Waals surface area (Å²) in [5.41, 5.74) is 1.72. The first-order chi connectivity index (χ1) is 10.3. The van der Waals surface area contributed by atoms with Crippen molar-refractivity contribution in [1.29, 1.82) is 0 Å². The second kappa shape index (κ2) is 6.52. The molecule has 0 saturated heterocycles. The molecular formula is C16H20N2O2S. The van der Waals surface area contributed by atoms with Crippen molar-refractivity contribution in [2.75, 3.05) is 7.11 Å². The predicted molar refractivity (Wildman–Crippen MR) is 85.7 cm³/mol. The second-order valence-electron chi connectivity index (χ2n) is 5.52. The Kier molecular flexibility index (Phi) is 4.48. The Morgan fingerprint density at radius 1 is 1.43 bits per heavy atom. The van der Waals surface area contributed by atoms with Gasteiger partial charge in [0.2, 0.25) is 0 Å². The fourth-order valence-electron chi connectivity index (χ4n) is 2.92. The molecule has 1 aromatic rings. The summed E-state index contributed by atoms with van der Waals surface area (Å²) in [4.78, 5) is 16.3. The molecule has 5 heteroatoms. The number of carbonyl (C=O) groups excluding carboxylic acids is 1. The fourth-order valence-corrected chi connectivity index (χ4v) is 3.84. The summed E-state index contributed by atoms with van der Waals surface area (Å²) in [6.45, 7) is 0. The van der Waals surface area contributed by atoms with Crippen LogP contribution in [0.15, 0.2) is 29.3 Å².